The van der Waals surface area contributed by atoms with Gasteiger partial charge in [0, 0.05) is 11.8 Å². The fourth-order valence-corrected chi connectivity index (χ4v) is 3.95. The van der Waals surface area contributed by atoms with Crippen molar-refractivity contribution in [3.8, 4) is 0 Å². The third-order valence-electron chi connectivity index (χ3n) is 3.25. The van der Waals surface area contributed by atoms with Crippen LogP contribution >= 0.6 is 0 Å². The summed E-state index contributed by atoms with van der Waals surface area (Å²) in [5.41, 5.74) is 6.01. The van der Waals surface area contributed by atoms with Crippen LogP contribution in [0.5, 0.6) is 0 Å². The zero-order valence-corrected chi connectivity index (χ0v) is 10.1. The summed E-state index contributed by atoms with van der Waals surface area (Å²) in [6.45, 7) is 5.94. The van der Waals surface area contributed by atoms with Gasteiger partial charge in [0.2, 0.25) is 0 Å². The number of hydrogen-bond acceptors (Lipinski definition) is 3. The van der Waals surface area contributed by atoms with E-state index in [9.17, 15) is 8.42 Å². The highest BCUT2D eigenvalue weighted by Gasteiger charge is 2.39. The highest BCUT2D eigenvalue weighted by molar-refractivity contribution is 7.92. The van der Waals surface area contributed by atoms with Crippen LogP contribution in [0.15, 0.2) is 0 Å². The maximum atomic E-state index is 11.8. The van der Waals surface area contributed by atoms with Gasteiger partial charge in [-0.05, 0) is 24.7 Å². The predicted molar refractivity (Wildman–Crippen MR) is 58.9 cm³/mol. The molecule has 14 heavy (non-hydrogen) atoms. The molecule has 1 aliphatic carbocycles. The molecular formula is C10H21NO2S. The van der Waals surface area contributed by atoms with E-state index < -0.39 is 9.84 Å². The zero-order valence-electron chi connectivity index (χ0n) is 9.29. The van der Waals surface area contributed by atoms with Gasteiger partial charge in [0.15, 0.2) is 9.84 Å². The van der Waals surface area contributed by atoms with Crippen molar-refractivity contribution in [3.63, 3.8) is 0 Å². The highest BCUT2D eigenvalue weighted by Crippen LogP contribution is 2.37. The second-order valence-corrected chi connectivity index (χ2v) is 7.57. The van der Waals surface area contributed by atoms with Crippen LogP contribution in [0.4, 0.5) is 0 Å². The van der Waals surface area contributed by atoms with E-state index in [1.54, 1.807) is 6.92 Å². The van der Waals surface area contributed by atoms with E-state index >= 15 is 0 Å². The van der Waals surface area contributed by atoms with Crippen molar-refractivity contribution in [1.82, 2.24) is 0 Å². The molecule has 0 amide bonds. The fraction of sp³-hybridized carbons (Fsp3) is 1.00. The summed E-state index contributed by atoms with van der Waals surface area (Å²) in [6.07, 6.45) is 2.57. The molecule has 4 heteroatoms. The zero-order chi connectivity index (χ0) is 11.0. The van der Waals surface area contributed by atoms with Gasteiger partial charge in [-0.15, -0.1) is 0 Å². The Balaban J connectivity index is 2.87. The van der Waals surface area contributed by atoms with Crippen LogP contribution in [-0.2, 0) is 9.84 Å². The molecule has 84 valence electrons. The lowest BCUT2D eigenvalue weighted by atomic mass is 9.75. The molecule has 0 aromatic carbocycles. The minimum absolute atomic E-state index is 0.128. The summed E-state index contributed by atoms with van der Waals surface area (Å²) >= 11 is 0. The van der Waals surface area contributed by atoms with Gasteiger partial charge in [0.1, 0.15) is 0 Å². The van der Waals surface area contributed by atoms with Gasteiger partial charge in [-0.3, -0.25) is 0 Å². The SMILES string of the molecule is CCS(=O)(=O)C1CC(C)(C)CCC1N. The van der Waals surface area contributed by atoms with Gasteiger partial charge in [0.05, 0.1) is 5.25 Å². The first-order valence-corrected chi connectivity index (χ1v) is 6.97. The van der Waals surface area contributed by atoms with Crippen molar-refractivity contribution < 1.29 is 8.42 Å². The van der Waals surface area contributed by atoms with Gasteiger partial charge < -0.3 is 5.73 Å². The number of rotatable bonds is 2. The van der Waals surface area contributed by atoms with Gasteiger partial charge in [-0.1, -0.05) is 20.8 Å². The van der Waals surface area contributed by atoms with Crippen molar-refractivity contribution >= 4 is 9.84 Å². The molecule has 0 saturated heterocycles. The molecule has 0 aromatic heterocycles. The van der Waals surface area contributed by atoms with E-state index in [0.29, 0.717) is 6.42 Å². The minimum Gasteiger partial charge on any atom is -0.327 e. The van der Waals surface area contributed by atoms with Crippen molar-refractivity contribution in [1.29, 1.82) is 0 Å². The number of hydrogen-bond donors (Lipinski definition) is 1. The van der Waals surface area contributed by atoms with E-state index in [0.717, 1.165) is 12.8 Å². The van der Waals surface area contributed by atoms with E-state index in [1.165, 1.54) is 0 Å². The summed E-state index contributed by atoms with van der Waals surface area (Å²) < 4.78 is 23.5. The van der Waals surface area contributed by atoms with Crippen molar-refractivity contribution in [2.24, 2.45) is 11.1 Å². The second kappa shape index (κ2) is 3.81. The normalized spacial score (nSPS) is 32.9. The molecule has 0 heterocycles. The monoisotopic (exact) mass is 219 g/mol. The number of sulfone groups is 1. The molecule has 2 atom stereocenters. The standard InChI is InChI=1S/C10H21NO2S/c1-4-14(12,13)9-7-10(2,3)6-5-8(9)11/h8-9H,4-7,11H2,1-3H3. The maximum absolute atomic E-state index is 11.8. The Hall–Kier alpha value is -0.0900. The molecule has 1 saturated carbocycles. The Morgan fingerprint density at radius 2 is 2.00 bits per heavy atom. The summed E-state index contributed by atoms with van der Waals surface area (Å²) in [5, 5.41) is -0.323. The molecule has 0 spiro atoms. The Bertz CT molecular complexity index is 295. The summed E-state index contributed by atoms with van der Waals surface area (Å²) in [4.78, 5) is 0. The van der Waals surface area contributed by atoms with Crippen molar-refractivity contribution in [3.05, 3.63) is 0 Å². The molecule has 2 unspecified atom stereocenters. The first kappa shape index (κ1) is 12.0. The molecule has 0 aliphatic heterocycles. The highest BCUT2D eigenvalue weighted by atomic mass is 32.2. The van der Waals surface area contributed by atoms with E-state index in [-0.39, 0.29) is 22.5 Å². The Morgan fingerprint density at radius 1 is 1.43 bits per heavy atom. The first-order valence-electron chi connectivity index (χ1n) is 5.26. The van der Waals surface area contributed by atoms with Gasteiger partial charge in [0.25, 0.3) is 0 Å². The largest absolute Gasteiger partial charge is 0.327 e. The smallest absolute Gasteiger partial charge is 0.154 e. The molecule has 3 nitrogen and oxygen atoms in total. The maximum Gasteiger partial charge on any atom is 0.154 e. The van der Waals surface area contributed by atoms with Crippen LogP contribution < -0.4 is 5.73 Å². The first-order chi connectivity index (χ1) is 6.28. The Kier molecular flexibility index (Phi) is 3.26. The van der Waals surface area contributed by atoms with Gasteiger partial charge in [-0.2, -0.15) is 0 Å². The molecule has 0 bridgehead atoms. The quantitative estimate of drug-likeness (QED) is 0.762. The number of nitrogens with two attached hydrogens (primary N) is 1. The molecule has 1 aliphatic rings. The van der Waals surface area contributed by atoms with Gasteiger partial charge >= 0.3 is 0 Å². The Morgan fingerprint density at radius 3 is 2.50 bits per heavy atom. The lowest BCUT2D eigenvalue weighted by Gasteiger charge is -2.38. The second-order valence-electron chi connectivity index (χ2n) is 5.06. The molecule has 1 fully saturated rings. The van der Waals surface area contributed by atoms with Crippen LogP contribution in [-0.4, -0.2) is 25.5 Å². The van der Waals surface area contributed by atoms with Crippen LogP contribution in [0, 0.1) is 5.41 Å². The average molecular weight is 219 g/mol. The van der Waals surface area contributed by atoms with E-state index in [2.05, 4.69) is 13.8 Å². The topological polar surface area (TPSA) is 60.2 Å². The van der Waals surface area contributed by atoms with Crippen LogP contribution in [0.3, 0.4) is 0 Å². The molecule has 0 aromatic rings. The minimum atomic E-state index is -2.97. The van der Waals surface area contributed by atoms with Gasteiger partial charge in [-0.25, -0.2) is 8.42 Å². The average Bonchev–Trinajstić information content (AvgIpc) is 2.09. The lowest BCUT2D eigenvalue weighted by molar-refractivity contribution is 0.227. The fourth-order valence-electron chi connectivity index (χ4n) is 2.15. The summed E-state index contributed by atoms with van der Waals surface area (Å²) in [6, 6.07) is -0.159. The van der Waals surface area contributed by atoms with E-state index in [4.69, 9.17) is 5.73 Å². The third kappa shape index (κ3) is 2.48. The summed E-state index contributed by atoms with van der Waals surface area (Å²) in [5.74, 6) is 0.210. The van der Waals surface area contributed by atoms with Crippen LogP contribution in [0.1, 0.15) is 40.0 Å². The molecular weight excluding hydrogens is 198 g/mol. The molecule has 2 N–H and O–H groups in total. The summed E-state index contributed by atoms with van der Waals surface area (Å²) in [7, 11) is -2.97. The van der Waals surface area contributed by atoms with Crippen LogP contribution in [0.25, 0.3) is 0 Å². The molecule has 0 radical (unpaired) electrons. The predicted octanol–water partition coefficient (Wildman–Crippen LogP) is 1.33. The van der Waals surface area contributed by atoms with E-state index in [1.807, 2.05) is 0 Å². The third-order valence-corrected chi connectivity index (χ3v) is 5.49. The Labute approximate surface area is 87.0 Å². The molecule has 1 rings (SSSR count). The lowest BCUT2D eigenvalue weighted by Crippen LogP contribution is -2.47. The van der Waals surface area contributed by atoms with Crippen molar-refractivity contribution in [2.75, 3.05) is 5.75 Å². The van der Waals surface area contributed by atoms with Crippen LogP contribution in [0.2, 0.25) is 0 Å². The van der Waals surface area contributed by atoms with Crippen molar-refractivity contribution in [2.45, 2.75) is 51.3 Å².